The first-order valence-electron chi connectivity index (χ1n) is 9.83. The van der Waals surface area contributed by atoms with Gasteiger partial charge in [0.15, 0.2) is 0 Å². The van der Waals surface area contributed by atoms with Crippen LogP contribution in [0, 0.1) is 0 Å². The van der Waals surface area contributed by atoms with Crippen LogP contribution in [0.2, 0.25) is 0 Å². The quantitative estimate of drug-likeness (QED) is 0.532. The van der Waals surface area contributed by atoms with E-state index in [4.69, 9.17) is 5.11 Å². The van der Waals surface area contributed by atoms with Crippen molar-refractivity contribution < 1.29 is 10.2 Å². The van der Waals surface area contributed by atoms with E-state index in [-0.39, 0.29) is 0 Å². The molecule has 0 aliphatic rings. The third-order valence-electron chi connectivity index (χ3n) is 4.76. The van der Waals surface area contributed by atoms with Gasteiger partial charge in [-0.1, -0.05) is 68.1 Å². The molecule has 0 aliphatic heterocycles. The van der Waals surface area contributed by atoms with Gasteiger partial charge in [-0.25, -0.2) is 0 Å². The van der Waals surface area contributed by atoms with Crippen LogP contribution in [0.4, 0.5) is 0 Å². The minimum Gasteiger partial charge on any atom is -0.508 e. The maximum atomic E-state index is 10.4. The molecule has 26 heavy (non-hydrogen) atoms. The van der Waals surface area contributed by atoms with Crippen LogP contribution in [0.5, 0.6) is 5.75 Å². The summed E-state index contributed by atoms with van der Waals surface area (Å²) in [7, 11) is 2.08. The molecule has 0 aliphatic carbocycles. The number of aryl methyl sites for hydroxylation is 1. The highest BCUT2D eigenvalue weighted by atomic mass is 16.3. The summed E-state index contributed by atoms with van der Waals surface area (Å²) in [4.78, 5) is 2.22. The molecule has 0 fully saturated rings. The highest BCUT2D eigenvalue weighted by Crippen LogP contribution is 2.22. The van der Waals surface area contributed by atoms with E-state index in [2.05, 4.69) is 48.3 Å². The standard InChI is InChI=1S/C23H33NO2/c1-24(18-21-12-8-6-9-13-21)19-22-15-14-20(17-23(22)26)11-7-4-2-3-5-10-16-25/h6,8-9,12-15,17,25-26H,2-5,7,10-11,16,18-19H2,1H3. The van der Waals surface area contributed by atoms with Crippen molar-refractivity contribution >= 4 is 0 Å². The fourth-order valence-corrected chi connectivity index (χ4v) is 3.29. The molecule has 2 aromatic carbocycles. The van der Waals surface area contributed by atoms with Crippen LogP contribution in [0.3, 0.4) is 0 Å². The summed E-state index contributed by atoms with van der Waals surface area (Å²) < 4.78 is 0. The molecule has 3 nitrogen and oxygen atoms in total. The Kier molecular flexibility index (Phi) is 9.22. The Morgan fingerprint density at radius 2 is 1.46 bits per heavy atom. The lowest BCUT2D eigenvalue weighted by molar-refractivity contribution is 0.282. The normalized spacial score (nSPS) is 11.2. The Morgan fingerprint density at radius 3 is 2.15 bits per heavy atom. The number of phenols is 1. The maximum absolute atomic E-state index is 10.4. The second-order valence-corrected chi connectivity index (χ2v) is 7.22. The number of benzene rings is 2. The number of phenolic OH excluding ortho intramolecular Hbond substituents is 1. The third-order valence-corrected chi connectivity index (χ3v) is 4.76. The van der Waals surface area contributed by atoms with E-state index in [0.29, 0.717) is 12.4 Å². The summed E-state index contributed by atoms with van der Waals surface area (Å²) in [5.74, 6) is 0.408. The van der Waals surface area contributed by atoms with Gasteiger partial charge in [0.1, 0.15) is 5.75 Å². The molecule has 2 rings (SSSR count). The molecule has 0 radical (unpaired) electrons. The maximum Gasteiger partial charge on any atom is 0.120 e. The van der Waals surface area contributed by atoms with Gasteiger partial charge in [-0.15, -0.1) is 0 Å². The Balaban J connectivity index is 1.74. The van der Waals surface area contributed by atoms with Gasteiger partial charge in [0, 0.05) is 25.3 Å². The average molecular weight is 356 g/mol. The molecule has 0 spiro atoms. The largest absolute Gasteiger partial charge is 0.508 e. The zero-order chi connectivity index (χ0) is 18.6. The summed E-state index contributed by atoms with van der Waals surface area (Å²) in [6.07, 6.45) is 7.89. The van der Waals surface area contributed by atoms with Crippen molar-refractivity contribution in [3.63, 3.8) is 0 Å². The van der Waals surface area contributed by atoms with Gasteiger partial charge in [0.2, 0.25) is 0 Å². The van der Waals surface area contributed by atoms with Gasteiger partial charge in [-0.05, 0) is 43.5 Å². The van der Waals surface area contributed by atoms with E-state index < -0.39 is 0 Å². The summed E-state index contributed by atoms with van der Waals surface area (Å²) in [5, 5.41) is 19.1. The lowest BCUT2D eigenvalue weighted by Crippen LogP contribution is -2.17. The number of hydrogen-bond donors (Lipinski definition) is 2. The summed E-state index contributed by atoms with van der Waals surface area (Å²) >= 11 is 0. The monoisotopic (exact) mass is 355 g/mol. The number of rotatable bonds is 12. The molecule has 0 bridgehead atoms. The summed E-state index contributed by atoms with van der Waals surface area (Å²) in [5.41, 5.74) is 3.48. The topological polar surface area (TPSA) is 43.7 Å². The van der Waals surface area contributed by atoms with Crippen LogP contribution in [0.15, 0.2) is 48.5 Å². The summed E-state index contributed by atoms with van der Waals surface area (Å²) in [6, 6.07) is 16.5. The fraction of sp³-hybridized carbons (Fsp3) is 0.478. The molecule has 0 atom stereocenters. The zero-order valence-electron chi connectivity index (χ0n) is 16.0. The van der Waals surface area contributed by atoms with Gasteiger partial charge in [0.05, 0.1) is 0 Å². The number of unbranched alkanes of at least 4 members (excludes halogenated alkanes) is 5. The Morgan fingerprint density at radius 1 is 0.769 bits per heavy atom. The lowest BCUT2D eigenvalue weighted by atomic mass is 10.0. The van der Waals surface area contributed by atoms with E-state index in [0.717, 1.165) is 44.3 Å². The van der Waals surface area contributed by atoms with Crippen LogP contribution in [-0.2, 0) is 19.5 Å². The van der Waals surface area contributed by atoms with Gasteiger partial charge < -0.3 is 10.2 Å². The minimum atomic E-state index is 0.312. The molecule has 0 aromatic heterocycles. The number of nitrogens with zero attached hydrogens (tertiary/aromatic N) is 1. The van der Waals surface area contributed by atoms with Gasteiger partial charge in [-0.3, -0.25) is 4.90 Å². The smallest absolute Gasteiger partial charge is 0.120 e. The first-order valence-corrected chi connectivity index (χ1v) is 9.83. The fourth-order valence-electron chi connectivity index (χ4n) is 3.29. The summed E-state index contributed by atoms with van der Waals surface area (Å²) in [6.45, 7) is 1.93. The lowest BCUT2D eigenvalue weighted by Gasteiger charge is -2.18. The predicted octanol–water partition coefficient (Wildman–Crippen LogP) is 4.90. The van der Waals surface area contributed by atoms with Crippen LogP contribution in [0.25, 0.3) is 0 Å². The molecule has 0 unspecified atom stereocenters. The van der Waals surface area contributed by atoms with Gasteiger partial charge in [0.25, 0.3) is 0 Å². The second-order valence-electron chi connectivity index (χ2n) is 7.22. The number of aromatic hydroxyl groups is 1. The molecule has 2 aromatic rings. The first kappa shape index (κ1) is 20.5. The van der Waals surface area contributed by atoms with Crippen molar-refractivity contribution in [3.8, 4) is 5.75 Å². The SMILES string of the molecule is CN(Cc1ccccc1)Cc1ccc(CCCCCCCCO)cc1O. The van der Waals surface area contributed by atoms with E-state index in [1.165, 1.54) is 30.4 Å². The molecule has 142 valence electrons. The minimum absolute atomic E-state index is 0.312. The number of aliphatic hydroxyl groups excluding tert-OH is 1. The van der Waals surface area contributed by atoms with Crippen LogP contribution in [0.1, 0.15) is 55.2 Å². The van der Waals surface area contributed by atoms with Crippen molar-refractivity contribution in [2.45, 2.75) is 58.0 Å². The van der Waals surface area contributed by atoms with Crippen LogP contribution >= 0.6 is 0 Å². The molecule has 3 heteroatoms. The molecular weight excluding hydrogens is 322 g/mol. The second kappa shape index (κ2) is 11.7. The molecular formula is C23H33NO2. The Labute approximate surface area is 158 Å². The van der Waals surface area contributed by atoms with Gasteiger partial charge >= 0.3 is 0 Å². The van der Waals surface area contributed by atoms with Crippen molar-refractivity contribution in [2.75, 3.05) is 13.7 Å². The van der Waals surface area contributed by atoms with E-state index >= 15 is 0 Å². The predicted molar refractivity (Wildman–Crippen MR) is 108 cm³/mol. The zero-order valence-corrected chi connectivity index (χ0v) is 16.0. The molecule has 0 saturated carbocycles. The van der Waals surface area contributed by atoms with E-state index in [1.54, 1.807) is 0 Å². The van der Waals surface area contributed by atoms with Crippen molar-refractivity contribution in [1.29, 1.82) is 0 Å². The first-order chi connectivity index (χ1) is 12.7. The van der Waals surface area contributed by atoms with Gasteiger partial charge in [-0.2, -0.15) is 0 Å². The molecule has 0 amide bonds. The van der Waals surface area contributed by atoms with Crippen molar-refractivity contribution in [3.05, 3.63) is 65.2 Å². The molecule has 0 saturated heterocycles. The number of hydrogen-bond acceptors (Lipinski definition) is 3. The highest BCUT2D eigenvalue weighted by Gasteiger charge is 2.07. The van der Waals surface area contributed by atoms with Crippen molar-refractivity contribution in [1.82, 2.24) is 4.90 Å². The van der Waals surface area contributed by atoms with E-state index in [9.17, 15) is 5.11 Å². The number of aliphatic hydroxyl groups is 1. The molecule has 0 heterocycles. The average Bonchev–Trinajstić information content (AvgIpc) is 2.64. The molecule has 2 N–H and O–H groups in total. The van der Waals surface area contributed by atoms with Crippen molar-refractivity contribution in [2.24, 2.45) is 0 Å². The Hall–Kier alpha value is -1.84. The highest BCUT2D eigenvalue weighted by molar-refractivity contribution is 5.36. The van der Waals surface area contributed by atoms with E-state index in [1.807, 2.05) is 12.1 Å². The third kappa shape index (κ3) is 7.59. The van der Waals surface area contributed by atoms with Crippen LogP contribution < -0.4 is 0 Å². The van der Waals surface area contributed by atoms with Crippen LogP contribution in [-0.4, -0.2) is 28.8 Å². The Bertz CT molecular complexity index is 627.